The van der Waals surface area contributed by atoms with Gasteiger partial charge in [-0.3, -0.25) is 24.2 Å². The van der Waals surface area contributed by atoms with Crippen LogP contribution in [0.5, 0.6) is 0 Å². The van der Waals surface area contributed by atoms with Crippen molar-refractivity contribution in [1.29, 1.82) is 0 Å². The minimum atomic E-state index is -0.345. The standard InChI is InChI=1S/C27H34FN5O3.CH2O2/c1-17(2)13-20-21(28)15-29-23-14-19(30-26(20)23)16-33-18(3)11-12-22(27(33)36)31-24(34)9-7-6-8-10-25(35)32(4)5;2-1-3/h8,10-12,14-15,17,30H,6-7,9,13,16H2,1-5H3,(H,31,34);1H,(H,2,3)/b10-8+;. The largest absolute Gasteiger partial charge is 0.483 e. The van der Waals surface area contributed by atoms with Gasteiger partial charge in [0.25, 0.3) is 12.0 Å². The highest BCUT2D eigenvalue weighted by Gasteiger charge is 2.15. The molecule has 0 unspecified atom stereocenters. The molecule has 3 N–H and O–H groups in total. The molecule has 10 nitrogen and oxygen atoms in total. The Hall–Kier alpha value is -4.28. The quantitative estimate of drug-likeness (QED) is 0.202. The van der Waals surface area contributed by atoms with Crippen molar-refractivity contribution in [2.24, 2.45) is 5.92 Å². The average molecular weight is 542 g/mol. The summed E-state index contributed by atoms with van der Waals surface area (Å²) in [6.07, 6.45) is 6.40. The lowest BCUT2D eigenvalue weighted by Crippen LogP contribution is -2.27. The first-order chi connectivity index (χ1) is 18.5. The van der Waals surface area contributed by atoms with Crippen LogP contribution in [0, 0.1) is 18.7 Å². The Morgan fingerprint density at radius 1 is 1.28 bits per heavy atom. The van der Waals surface area contributed by atoms with Crippen molar-refractivity contribution in [3.63, 3.8) is 0 Å². The number of unbranched alkanes of at least 4 members (excludes halogenated alkanes) is 1. The lowest BCUT2D eigenvalue weighted by atomic mass is 10.0. The van der Waals surface area contributed by atoms with E-state index in [1.165, 1.54) is 17.2 Å². The second-order valence-electron chi connectivity index (χ2n) is 9.70. The second kappa shape index (κ2) is 14.6. The molecule has 11 heteroatoms. The summed E-state index contributed by atoms with van der Waals surface area (Å²) < 4.78 is 16.0. The number of H-pyrrole nitrogens is 1. The highest BCUT2D eigenvalue weighted by atomic mass is 19.1. The zero-order chi connectivity index (χ0) is 29.1. The number of hydrogen-bond acceptors (Lipinski definition) is 5. The summed E-state index contributed by atoms with van der Waals surface area (Å²) in [6, 6.07) is 5.20. The van der Waals surface area contributed by atoms with Gasteiger partial charge in [0.2, 0.25) is 11.8 Å². The summed E-state index contributed by atoms with van der Waals surface area (Å²) in [4.78, 5) is 54.3. The van der Waals surface area contributed by atoms with Crippen LogP contribution in [0.1, 0.15) is 50.1 Å². The van der Waals surface area contributed by atoms with Crippen molar-refractivity contribution in [2.75, 3.05) is 19.4 Å². The number of aromatic amines is 1. The number of carboxylic acid groups (broad SMARTS) is 1. The number of fused-ring (bicyclic) bond motifs is 1. The molecule has 0 atom stereocenters. The number of amides is 2. The molecule has 0 bridgehead atoms. The molecule has 0 saturated heterocycles. The third-order valence-corrected chi connectivity index (χ3v) is 5.84. The molecule has 0 aromatic carbocycles. The number of anilines is 1. The molecule has 0 aliphatic carbocycles. The first-order valence-corrected chi connectivity index (χ1v) is 12.6. The van der Waals surface area contributed by atoms with Crippen molar-refractivity contribution in [3.8, 4) is 0 Å². The lowest BCUT2D eigenvalue weighted by molar-refractivity contribution is -0.124. The normalized spacial score (nSPS) is 10.9. The van der Waals surface area contributed by atoms with Gasteiger partial charge in [0.05, 0.1) is 23.8 Å². The predicted octanol–water partition coefficient (Wildman–Crippen LogP) is 3.87. The molecule has 3 aromatic heterocycles. The van der Waals surface area contributed by atoms with E-state index < -0.39 is 0 Å². The molecule has 39 heavy (non-hydrogen) atoms. The number of rotatable bonds is 10. The second-order valence-corrected chi connectivity index (χ2v) is 9.70. The van der Waals surface area contributed by atoms with Gasteiger partial charge in [0.15, 0.2) is 0 Å². The average Bonchev–Trinajstić information content (AvgIpc) is 3.28. The number of hydrogen-bond donors (Lipinski definition) is 3. The molecule has 0 aliphatic heterocycles. The SMILES string of the molecule is Cc1ccc(NC(=O)CCC/C=C/C(=O)N(C)C)c(=O)n1Cc1cc2ncc(F)c(CC(C)C)c2[nH]1.O=CO. The van der Waals surface area contributed by atoms with E-state index >= 15 is 0 Å². The highest BCUT2D eigenvalue weighted by molar-refractivity contribution is 5.90. The van der Waals surface area contributed by atoms with Crippen molar-refractivity contribution in [3.05, 3.63) is 69.7 Å². The van der Waals surface area contributed by atoms with E-state index in [0.29, 0.717) is 35.9 Å². The summed E-state index contributed by atoms with van der Waals surface area (Å²) in [5.74, 6) is -0.439. The Bertz CT molecular complexity index is 1390. The first-order valence-electron chi connectivity index (χ1n) is 12.6. The fraction of sp³-hybridized carbons (Fsp3) is 0.393. The van der Waals surface area contributed by atoms with Gasteiger partial charge in [-0.05, 0) is 56.4 Å². The zero-order valence-electron chi connectivity index (χ0n) is 23.0. The van der Waals surface area contributed by atoms with Crippen LogP contribution < -0.4 is 10.9 Å². The maximum absolute atomic E-state index is 14.4. The fourth-order valence-electron chi connectivity index (χ4n) is 3.91. The molecule has 0 aliphatic rings. The van der Waals surface area contributed by atoms with Gasteiger partial charge in [0, 0.05) is 37.5 Å². The molecule has 0 spiro atoms. The van der Waals surface area contributed by atoms with E-state index in [1.807, 2.05) is 26.8 Å². The summed E-state index contributed by atoms with van der Waals surface area (Å²) in [7, 11) is 3.35. The maximum Gasteiger partial charge on any atom is 0.290 e. The van der Waals surface area contributed by atoms with Crippen LogP contribution in [0.3, 0.4) is 0 Å². The van der Waals surface area contributed by atoms with Crippen LogP contribution in [0.2, 0.25) is 0 Å². The predicted molar refractivity (Wildman–Crippen MR) is 148 cm³/mol. The number of pyridine rings is 2. The van der Waals surface area contributed by atoms with E-state index in [-0.39, 0.29) is 54.2 Å². The van der Waals surface area contributed by atoms with Crippen molar-refractivity contribution in [2.45, 2.75) is 53.0 Å². The maximum atomic E-state index is 14.4. The molecular weight excluding hydrogens is 505 g/mol. The number of likely N-dealkylation sites (N-methyl/N-ethyl adjacent to an activating group) is 1. The van der Waals surface area contributed by atoms with Crippen LogP contribution in [0.4, 0.5) is 10.1 Å². The molecule has 0 radical (unpaired) electrons. The Morgan fingerprint density at radius 2 is 1.97 bits per heavy atom. The van der Waals surface area contributed by atoms with Crippen molar-refractivity contribution >= 4 is 35.0 Å². The van der Waals surface area contributed by atoms with Gasteiger partial charge in [0.1, 0.15) is 11.5 Å². The van der Waals surface area contributed by atoms with E-state index in [4.69, 9.17) is 9.90 Å². The van der Waals surface area contributed by atoms with Crippen LogP contribution in [-0.4, -0.2) is 56.9 Å². The Morgan fingerprint density at radius 3 is 2.62 bits per heavy atom. The van der Waals surface area contributed by atoms with Crippen molar-refractivity contribution in [1.82, 2.24) is 19.4 Å². The van der Waals surface area contributed by atoms with Gasteiger partial charge in [-0.25, -0.2) is 4.39 Å². The monoisotopic (exact) mass is 541 g/mol. The fourth-order valence-corrected chi connectivity index (χ4v) is 3.91. The smallest absolute Gasteiger partial charge is 0.290 e. The summed E-state index contributed by atoms with van der Waals surface area (Å²) >= 11 is 0. The summed E-state index contributed by atoms with van der Waals surface area (Å²) in [5, 5.41) is 9.59. The summed E-state index contributed by atoms with van der Waals surface area (Å²) in [6.45, 7) is 5.86. The summed E-state index contributed by atoms with van der Waals surface area (Å²) in [5.41, 5.74) is 3.22. The van der Waals surface area contributed by atoms with Gasteiger partial charge < -0.3 is 24.9 Å². The van der Waals surface area contributed by atoms with Gasteiger partial charge in [-0.1, -0.05) is 19.9 Å². The molecule has 3 rings (SSSR count). The molecule has 2 amide bonds. The van der Waals surface area contributed by atoms with Crippen LogP contribution in [0.25, 0.3) is 11.0 Å². The van der Waals surface area contributed by atoms with Crippen molar-refractivity contribution < 1.29 is 23.9 Å². The molecule has 210 valence electrons. The Labute approximate surface area is 226 Å². The van der Waals surface area contributed by atoms with Gasteiger partial charge >= 0.3 is 0 Å². The number of halogens is 1. The molecule has 3 aromatic rings. The van der Waals surface area contributed by atoms with E-state index in [1.54, 1.807) is 36.9 Å². The molecule has 0 fully saturated rings. The van der Waals surface area contributed by atoms with E-state index in [2.05, 4.69) is 15.3 Å². The zero-order valence-corrected chi connectivity index (χ0v) is 23.0. The van der Waals surface area contributed by atoms with Crippen LogP contribution in [-0.2, 0) is 27.3 Å². The number of allylic oxidation sites excluding steroid dienone is 1. The van der Waals surface area contributed by atoms with Gasteiger partial charge in [-0.2, -0.15) is 0 Å². The highest BCUT2D eigenvalue weighted by Crippen LogP contribution is 2.23. The van der Waals surface area contributed by atoms with Crippen LogP contribution >= 0.6 is 0 Å². The number of carbonyl (C=O) groups excluding carboxylic acids is 2. The molecular formula is C28H36FN5O5. The number of carbonyl (C=O) groups is 3. The topological polar surface area (TPSA) is 137 Å². The minimum absolute atomic E-state index is 0.105. The lowest BCUT2D eigenvalue weighted by Gasteiger charge is -2.12. The number of aryl methyl sites for hydroxylation is 1. The number of aromatic nitrogens is 3. The Kier molecular flexibility index (Phi) is 11.6. The van der Waals surface area contributed by atoms with Crippen LogP contribution in [0.15, 0.2) is 41.3 Å². The molecule has 3 heterocycles. The molecule has 0 saturated carbocycles. The third-order valence-electron chi connectivity index (χ3n) is 5.84. The first kappa shape index (κ1) is 30.9. The van der Waals surface area contributed by atoms with E-state index in [9.17, 15) is 18.8 Å². The van der Waals surface area contributed by atoms with Gasteiger partial charge in [-0.15, -0.1) is 0 Å². The number of nitrogens with one attached hydrogen (secondary N) is 2. The minimum Gasteiger partial charge on any atom is -0.483 e. The third kappa shape index (κ3) is 8.91. The number of nitrogens with zero attached hydrogens (tertiary/aromatic N) is 3. The van der Waals surface area contributed by atoms with E-state index in [0.717, 1.165) is 11.4 Å². The Balaban J connectivity index is 0.00000170.